The van der Waals surface area contributed by atoms with Crippen molar-refractivity contribution in [2.45, 2.75) is 31.7 Å². The van der Waals surface area contributed by atoms with Gasteiger partial charge in [0, 0.05) is 37.3 Å². The van der Waals surface area contributed by atoms with Crippen LogP contribution in [0.25, 0.3) is 10.9 Å². The number of halogens is 3. The Balaban J connectivity index is 1.53. The Morgan fingerprint density at radius 1 is 1.27 bits per heavy atom. The second-order valence-corrected chi connectivity index (χ2v) is 8.74. The predicted molar refractivity (Wildman–Crippen MR) is 115 cm³/mol. The van der Waals surface area contributed by atoms with Gasteiger partial charge in [0.2, 0.25) is 0 Å². The topological polar surface area (TPSA) is 92.5 Å². The minimum absolute atomic E-state index is 0.151. The number of rotatable bonds is 6. The second kappa shape index (κ2) is 8.31. The number of pyridine rings is 1. The van der Waals surface area contributed by atoms with E-state index in [1.54, 1.807) is 26.0 Å². The van der Waals surface area contributed by atoms with Gasteiger partial charge in [-0.15, -0.1) is 0 Å². The number of ether oxygens (including phenoxy) is 1. The molecule has 0 radical (unpaired) electrons. The molecule has 0 bridgehead atoms. The van der Waals surface area contributed by atoms with Gasteiger partial charge in [-0.2, -0.15) is 18.3 Å². The number of methoxy groups -OCH3 is 1. The number of nitrogens with zero attached hydrogens (tertiary/aromatic N) is 4. The van der Waals surface area contributed by atoms with Gasteiger partial charge in [-0.05, 0) is 32.0 Å². The van der Waals surface area contributed by atoms with Gasteiger partial charge in [-0.3, -0.25) is 14.4 Å². The number of benzene rings is 1. The maximum atomic E-state index is 12.9. The number of likely N-dealkylation sites (tertiary alicyclic amines) is 1. The third-order valence-corrected chi connectivity index (χ3v) is 5.29. The van der Waals surface area contributed by atoms with Crippen molar-refractivity contribution in [2.24, 2.45) is 0 Å². The van der Waals surface area contributed by atoms with Crippen molar-refractivity contribution < 1.29 is 27.8 Å². The molecule has 4 rings (SSSR count). The molecule has 0 unspecified atom stereocenters. The number of carbonyl (C=O) groups excluding carboxylic acids is 1. The highest BCUT2D eigenvalue weighted by atomic mass is 19.4. The number of carbonyl (C=O) groups is 1. The molecule has 3 heterocycles. The summed E-state index contributed by atoms with van der Waals surface area (Å²) in [5.74, 6) is -0.460. The second-order valence-electron chi connectivity index (χ2n) is 8.74. The number of nitrogens with one attached hydrogen (secondary N) is 1. The van der Waals surface area contributed by atoms with Crippen LogP contribution in [-0.4, -0.2) is 63.0 Å². The predicted octanol–water partition coefficient (Wildman–Crippen LogP) is 3.34. The van der Waals surface area contributed by atoms with E-state index in [4.69, 9.17) is 4.74 Å². The largest absolute Gasteiger partial charge is 0.494 e. The van der Waals surface area contributed by atoms with Crippen molar-refractivity contribution in [3.8, 4) is 5.75 Å². The minimum Gasteiger partial charge on any atom is -0.494 e. The van der Waals surface area contributed by atoms with E-state index >= 15 is 0 Å². The van der Waals surface area contributed by atoms with E-state index < -0.39 is 23.4 Å². The van der Waals surface area contributed by atoms with Crippen LogP contribution in [0.15, 0.2) is 36.5 Å². The van der Waals surface area contributed by atoms with Gasteiger partial charge in [0.25, 0.3) is 5.91 Å². The van der Waals surface area contributed by atoms with E-state index in [1.807, 2.05) is 10.9 Å². The Morgan fingerprint density at radius 2 is 2.00 bits per heavy atom. The molecule has 8 nitrogen and oxygen atoms in total. The van der Waals surface area contributed by atoms with Gasteiger partial charge in [-0.1, -0.05) is 6.07 Å². The first-order valence-corrected chi connectivity index (χ1v) is 10.3. The number of β-amino-alcohol motifs (C(OH)–C–C–N with tert-alkyl or cyclic N) is 1. The SMILES string of the molecule is COc1cc2nn(C3CN(CC(C)(C)O)C3)cc2cc1NC(=O)c1cccc(C(F)(F)F)n1. The lowest BCUT2D eigenvalue weighted by atomic mass is 10.0. The molecule has 1 fully saturated rings. The summed E-state index contributed by atoms with van der Waals surface area (Å²) in [7, 11) is 1.43. The fourth-order valence-corrected chi connectivity index (χ4v) is 3.82. The fraction of sp³-hybridized carbons (Fsp3) is 0.409. The van der Waals surface area contributed by atoms with Crippen molar-refractivity contribution in [3.05, 3.63) is 47.9 Å². The van der Waals surface area contributed by atoms with Crippen molar-refractivity contribution in [1.82, 2.24) is 19.7 Å². The average molecular weight is 463 g/mol. The van der Waals surface area contributed by atoms with Crippen LogP contribution in [0.3, 0.4) is 0 Å². The molecular formula is C22H24F3N5O3. The lowest BCUT2D eigenvalue weighted by Crippen LogP contribution is -2.52. The summed E-state index contributed by atoms with van der Waals surface area (Å²) in [6, 6.07) is 6.63. The number of aliphatic hydroxyl groups is 1. The summed E-state index contributed by atoms with van der Waals surface area (Å²) in [4.78, 5) is 18.1. The van der Waals surface area contributed by atoms with E-state index in [2.05, 4.69) is 20.3 Å². The summed E-state index contributed by atoms with van der Waals surface area (Å²) in [6.07, 6.45) is -2.80. The zero-order chi connectivity index (χ0) is 24.0. The zero-order valence-electron chi connectivity index (χ0n) is 18.3. The molecule has 3 aromatic rings. The minimum atomic E-state index is -4.65. The lowest BCUT2D eigenvalue weighted by Gasteiger charge is -2.41. The van der Waals surface area contributed by atoms with Crippen LogP contribution < -0.4 is 10.1 Å². The molecule has 0 aliphatic carbocycles. The Kier molecular flexibility index (Phi) is 5.79. The maximum Gasteiger partial charge on any atom is 0.433 e. The highest BCUT2D eigenvalue weighted by Crippen LogP contribution is 2.32. The Labute approximate surface area is 188 Å². The first-order valence-electron chi connectivity index (χ1n) is 10.3. The van der Waals surface area contributed by atoms with Gasteiger partial charge >= 0.3 is 6.18 Å². The highest BCUT2D eigenvalue weighted by molar-refractivity contribution is 6.05. The van der Waals surface area contributed by atoms with Crippen LogP contribution in [0.2, 0.25) is 0 Å². The number of fused-ring (bicyclic) bond motifs is 1. The number of hydrogen-bond donors (Lipinski definition) is 2. The van der Waals surface area contributed by atoms with Crippen LogP contribution >= 0.6 is 0 Å². The lowest BCUT2D eigenvalue weighted by molar-refractivity contribution is -0.141. The van der Waals surface area contributed by atoms with E-state index in [1.165, 1.54) is 13.2 Å². The van der Waals surface area contributed by atoms with Crippen molar-refractivity contribution in [1.29, 1.82) is 0 Å². The first kappa shape index (κ1) is 23.0. The molecule has 176 valence electrons. The van der Waals surface area contributed by atoms with E-state index in [0.717, 1.165) is 30.6 Å². The van der Waals surface area contributed by atoms with Crippen molar-refractivity contribution in [2.75, 3.05) is 32.1 Å². The van der Waals surface area contributed by atoms with Crippen LogP contribution in [0.4, 0.5) is 18.9 Å². The zero-order valence-corrected chi connectivity index (χ0v) is 18.3. The smallest absolute Gasteiger partial charge is 0.433 e. The molecular weight excluding hydrogens is 439 g/mol. The standard InChI is InChI=1S/C22H24F3N5O3/c1-21(2,32)12-29-10-14(11-29)30-9-13-7-17(18(33-3)8-16(13)28-30)27-20(31)15-5-4-6-19(26-15)22(23,24)25/h4-9,14,32H,10-12H2,1-3H3,(H,27,31). The molecule has 2 N–H and O–H groups in total. The molecule has 11 heteroatoms. The Morgan fingerprint density at radius 3 is 2.64 bits per heavy atom. The van der Waals surface area contributed by atoms with Crippen molar-refractivity contribution in [3.63, 3.8) is 0 Å². The summed E-state index contributed by atoms with van der Waals surface area (Å²) in [5, 5.41) is 17.9. The molecule has 0 saturated carbocycles. The number of aromatic nitrogens is 3. The Hall–Kier alpha value is -3.18. The quantitative estimate of drug-likeness (QED) is 0.583. The van der Waals surface area contributed by atoms with Gasteiger partial charge in [0.1, 0.15) is 17.1 Å². The molecule has 33 heavy (non-hydrogen) atoms. The maximum absolute atomic E-state index is 12.9. The molecule has 2 aromatic heterocycles. The third-order valence-electron chi connectivity index (χ3n) is 5.29. The molecule has 0 atom stereocenters. The molecule has 0 spiro atoms. The summed E-state index contributed by atoms with van der Waals surface area (Å²) in [5.41, 5.74) is -1.31. The van der Waals surface area contributed by atoms with Crippen LogP contribution in [-0.2, 0) is 6.18 Å². The summed E-state index contributed by atoms with van der Waals surface area (Å²) < 4.78 is 45.9. The highest BCUT2D eigenvalue weighted by Gasteiger charge is 2.33. The van der Waals surface area contributed by atoms with Gasteiger partial charge in [0.05, 0.1) is 30.0 Å². The van der Waals surface area contributed by atoms with Crippen LogP contribution in [0.5, 0.6) is 5.75 Å². The van der Waals surface area contributed by atoms with E-state index in [-0.39, 0.29) is 11.7 Å². The van der Waals surface area contributed by atoms with Gasteiger partial charge in [0.15, 0.2) is 0 Å². The monoisotopic (exact) mass is 463 g/mol. The summed E-state index contributed by atoms with van der Waals surface area (Å²) >= 11 is 0. The third kappa shape index (κ3) is 5.09. The van der Waals surface area contributed by atoms with Crippen molar-refractivity contribution >= 4 is 22.5 Å². The molecule has 1 saturated heterocycles. The normalized spacial score (nSPS) is 15.5. The molecule has 1 amide bonds. The van der Waals surface area contributed by atoms with Gasteiger partial charge < -0.3 is 15.2 Å². The number of hydrogen-bond acceptors (Lipinski definition) is 6. The fourth-order valence-electron chi connectivity index (χ4n) is 3.82. The van der Waals surface area contributed by atoms with Crippen LogP contribution in [0.1, 0.15) is 36.1 Å². The van der Waals surface area contributed by atoms with Crippen LogP contribution in [0, 0.1) is 0 Å². The van der Waals surface area contributed by atoms with E-state index in [9.17, 15) is 23.1 Å². The number of amides is 1. The number of anilines is 1. The molecule has 1 aliphatic rings. The molecule has 1 aromatic carbocycles. The summed E-state index contributed by atoms with van der Waals surface area (Å²) in [6.45, 7) is 5.59. The molecule has 1 aliphatic heterocycles. The van der Waals surface area contributed by atoms with Gasteiger partial charge in [-0.25, -0.2) is 4.98 Å². The first-order chi connectivity index (χ1) is 15.4. The average Bonchev–Trinajstić information content (AvgIpc) is 3.10. The Bertz CT molecular complexity index is 1180. The number of alkyl halides is 3. The van der Waals surface area contributed by atoms with E-state index in [0.29, 0.717) is 23.5 Å².